The molecule has 8 nitrogen and oxygen atoms in total. The van der Waals surface area contributed by atoms with Gasteiger partial charge in [-0.3, -0.25) is 20.2 Å². The lowest BCUT2D eigenvalue weighted by molar-refractivity contribution is -0.394. The zero-order valence-corrected chi connectivity index (χ0v) is 8.34. The Labute approximate surface area is 89.6 Å². The van der Waals surface area contributed by atoms with E-state index in [1.807, 2.05) is 0 Å². The van der Waals surface area contributed by atoms with Gasteiger partial charge in [-0.25, -0.2) is 0 Å². The standard InChI is InChI=1S/C8H9N3O5/c1-2-4-7(9)5(10(13)14)3-6(8(4)12)11(15)16/h3,12H,2,9H2,1H3. The van der Waals surface area contributed by atoms with Gasteiger partial charge in [0.05, 0.1) is 15.9 Å². The molecule has 0 atom stereocenters. The largest absolute Gasteiger partial charge is 0.502 e. The quantitative estimate of drug-likeness (QED) is 0.455. The average molecular weight is 227 g/mol. The smallest absolute Gasteiger partial charge is 0.318 e. The van der Waals surface area contributed by atoms with Crippen molar-refractivity contribution in [1.82, 2.24) is 0 Å². The number of nitro groups is 2. The van der Waals surface area contributed by atoms with E-state index in [1.165, 1.54) is 0 Å². The number of nitrogens with zero attached hydrogens (tertiary/aromatic N) is 2. The maximum absolute atomic E-state index is 10.6. The number of aromatic hydroxyl groups is 1. The third kappa shape index (κ3) is 1.72. The number of nitrogens with two attached hydrogens (primary N) is 1. The molecule has 0 fully saturated rings. The van der Waals surface area contributed by atoms with Crippen LogP contribution in [0.15, 0.2) is 6.07 Å². The van der Waals surface area contributed by atoms with E-state index in [-0.39, 0.29) is 17.7 Å². The van der Waals surface area contributed by atoms with Crippen molar-refractivity contribution in [3.05, 3.63) is 31.9 Å². The van der Waals surface area contributed by atoms with Crippen molar-refractivity contribution >= 4 is 17.1 Å². The number of hydrogen-bond donors (Lipinski definition) is 2. The maximum Gasteiger partial charge on any atom is 0.318 e. The second-order valence-corrected chi connectivity index (χ2v) is 3.02. The van der Waals surface area contributed by atoms with Gasteiger partial charge in [0.1, 0.15) is 5.69 Å². The number of rotatable bonds is 3. The van der Waals surface area contributed by atoms with Crippen molar-refractivity contribution in [3.8, 4) is 5.75 Å². The lowest BCUT2D eigenvalue weighted by atomic mass is 10.1. The van der Waals surface area contributed by atoms with Gasteiger partial charge in [-0.05, 0) is 6.42 Å². The van der Waals surface area contributed by atoms with Crippen molar-refractivity contribution in [2.45, 2.75) is 13.3 Å². The highest BCUT2D eigenvalue weighted by Crippen LogP contribution is 2.40. The normalized spacial score (nSPS) is 10.1. The first-order valence-electron chi connectivity index (χ1n) is 4.33. The molecule has 0 amide bonds. The summed E-state index contributed by atoms with van der Waals surface area (Å²) < 4.78 is 0. The highest BCUT2D eigenvalue weighted by molar-refractivity contribution is 5.73. The van der Waals surface area contributed by atoms with Crippen LogP contribution in [0.3, 0.4) is 0 Å². The third-order valence-electron chi connectivity index (χ3n) is 2.15. The van der Waals surface area contributed by atoms with Crippen LogP contribution in [0.25, 0.3) is 0 Å². The van der Waals surface area contributed by atoms with Crippen LogP contribution in [-0.2, 0) is 6.42 Å². The second-order valence-electron chi connectivity index (χ2n) is 3.02. The summed E-state index contributed by atoms with van der Waals surface area (Å²) in [6, 6.07) is 0.657. The van der Waals surface area contributed by atoms with Gasteiger partial charge >= 0.3 is 5.69 Å². The van der Waals surface area contributed by atoms with Crippen molar-refractivity contribution in [3.63, 3.8) is 0 Å². The molecular formula is C8H9N3O5. The van der Waals surface area contributed by atoms with Crippen LogP contribution in [0.4, 0.5) is 17.1 Å². The first-order valence-corrected chi connectivity index (χ1v) is 4.33. The van der Waals surface area contributed by atoms with Crippen LogP contribution in [0.2, 0.25) is 0 Å². The fourth-order valence-electron chi connectivity index (χ4n) is 1.36. The van der Waals surface area contributed by atoms with E-state index < -0.39 is 27.0 Å². The Hall–Kier alpha value is -2.38. The molecular weight excluding hydrogens is 218 g/mol. The summed E-state index contributed by atoms with van der Waals surface area (Å²) in [5.41, 5.74) is 3.94. The van der Waals surface area contributed by atoms with Crippen molar-refractivity contribution in [2.24, 2.45) is 0 Å². The first kappa shape index (κ1) is 11.7. The van der Waals surface area contributed by atoms with Crippen molar-refractivity contribution in [2.75, 3.05) is 5.73 Å². The van der Waals surface area contributed by atoms with Crippen LogP contribution < -0.4 is 5.73 Å². The van der Waals surface area contributed by atoms with Gasteiger partial charge in [0, 0.05) is 5.56 Å². The molecule has 0 heterocycles. The molecule has 1 aromatic rings. The Morgan fingerprint density at radius 3 is 2.19 bits per heavy atom. The van der Waals surface area contributed by atoms with Crippen LogP contribution in [0, 0.1) is 20.2 Å². The van der Waals surface area contributed by atoms with Gasteiger partial charge in [-0.1, -0.05) is 6.92 Å². The molecule has 1 rings (SSSR count). The molecule has 0 aromatic heterocycles. The molecule has 0 bridgehead atoms. The molecule has 0 radical (unpaired) electrons. The SMILES string of the molecule is CCc1c(N)c([N+](=O)[O-])cc([N+](=O)[O-])c1O. The van der Waals surface area contributed by atoms with E-state index in [1.54, 1.807) is 6.92 Å². The molecule has 16 heavy (non-hydrogen) atoms. The zero-order valence-electron chi connectivity index (χ0n) is 8.34. The number of benzene rings is 1. The number of phenolic OH excluding ortho intramolecular Hbond substituents is 1. The summed E-state index contributed by atoms with van der Waals surface area (Å²) in [5, 5.41) is 30.7. The van der Waals surface area contributed by atoms with Crippen molar-refractivity contribution < 1.29 is 15.0 Å². The summed E-state index contributed by atoms with van der Waals surface area (Å²) in [6.07, 6.45) is 0.167. The molecule has 0 saturated heterocycles. The van der Waals surface area contributed by atoms with Gasteiger partial charge in [0.25, 0.3) is 5.69 Å². The van der Waals surface area contributed by atoms with Gasteiger partial charge in [-0.15, -0.1) is 0 Å². The first-order chi connectivity index (χ1) is 7.40. The second kappa shape index (κ2) is 4.01. The molecule has 0 aliphatic carbocycles. The Kier molecular flexibility index (Phi) is 2.93. The Balaban J connectivity index is 3.62. The van der Waals surface area contributed by atoms with Crippen LogP contribution in [0.1, 0.15) is 12.5 Å². The summed E-state index contributed by atoms with van der Waals surface area (Å²) >= 11 is 0. The molecule has 0 spiro atoms. The molecule has 0 aliphatic rings. The lowest BCUT2D eigenvalue weighted by Crippen LogP contribution is -2.02. The molecule has 0 aliphatic heterocycles. The Morgan fingerprint density at radius 2 is 1.81 bits per heavy atom. The van der Waals surface area contributed by atoms with E-state index in [0.717, 1.165) is 0 Å². The third-order valence-corrected chi connectivity index (χ3v) is 2.15. The summed E-state index contributed by atoms with van der Waals surface area (Å²) in [6.45, 7) is 1.58. The van der Waals surface area contributed by atoms with Crippen molar-refractivity contribution in [1.29, 1.82) is 0 Å². The van der Waals surface area contributed by atoms with E-state index in [0.29, 0.717) is 6.07 Å². The Bertz CT molecular complexity index is 433. The van der Waals surface area contributed by atoms with Gasteiger partial charge in [-0.2, -0.15) is 0 Å². The monoisotopic (exact) mass is 227 g/mol. The number of nitro benzene ring substituents is 2. The number of hydrogen-bond acceptors (Lipinski definition) is 6. The van der Waals surface area contributed by atoms with Gasteiger partial charge in [0.15, 0.2) is 5.75 Å². The average Bonchev–Trinajstić information content (AvgIpc) is 2.17. The summed E-state index contributed by atoms with van der Waals surface area (Å²) in [5.74, 6) is -0.615. The number of anilines is 1. The fraction of sp³-hybridized carbons (Fsp3) is 0.250. The molecule has 0 saturated carbocycles. The van der Waals surface area contributed by atoms with E-state index in [2.05, 4.69) is 0 Å². The highest BCUT2D eigenvalue weighted by Gasteiger charge is 2.27. The van der Waals surface area contributed by atoms with E-state index in [4.69, 9.17) is 5.73 Å². The lowest BCUT2D eigenvalue weighted by Gasteiger charge is -2.06. The molecule has 8 heteroatoms. The van der Waals surface area contributed by atoms with E-state index in [9.17, 15) is 25.3 Å². The highest BCUT2D eigenvalue weighted by atomic mass is 16.6. The topological polar surface area (TPSA) is 133 Å². The predicted molar refractivity (Wildman–Crippen MR) is 55.2 cm³/mol. The van der Waals surface area contributed by atoms with Gasteiger partial charge in [0.2, 0.25) is 0 Å². The minimum Gasteiger partial charge on any atom is -0.502 e. The van der Waals surface area contributed by atoms with Gasteiger partial charge < -0.3 is 10.8 Å². The van der Waals surface area contributed by atoms with Crippen LogP contribution in [-0.4, -0.2) is 15.0 Å². The van der Waals surface area contributed by atoms with Crippen LogP contribution in [0.5, 0.6) is 5.75 Å². The molecule has 86 valence electrons. The van der Waals surface area contributed by atoms with Crippen LogP contribution >= 0.6 is 0 Å². The minimum atomic E-state index is -0.888. The Morgan fingerprint density at radius 1 is 1.31 bits per heavy atom. The molecule has 3 N–H and O–H groups in total. The molecule has 0 unspecified atom stereocenters. The summed E-state index contributed by atoms with van der Waals surface area (Å²) in [4.78, 5) is 19.4. The van der Waals surface area contributed by atoms with E-state index >= 15 is 0 Å². The predicted octanol–water partition coefficient (Wildman–Crippen LogP) is 1.35. The summed E-state index contributed by atoms with van der Waals surface area (Å²) in [7, 11) is 0. The fourth-order valence-corrected chi connectivity index (χ4v) is 1.36. The maximum atomic E-state index is 10.6. The number of phenols is 1. The molecule has 1 aromatic carbocycles. The number of nitrogen functional groups attached to an aromatic ring is 1. The minimum absolute atomic E-state index is 0.0147. The zero-order chi connectivity index (χ0) is 12.5.